The van der Waals surface area contributed by atoms with E-state index in [-0.39, 0.29) is 36.0 Å². The number of carbonyl (C=O) groups is 1. The highest BCUT2D eigenvalue weighted by molar-refractivity contribution is 5.66. The van der Waals surface area contributed by atoms with Crippen LogP contribution in [0.5, 0.6) is 0 Å². The number of hydrogen-bond acceptors (Lipinski definition) is 4. The van der Waals surface area contributed by atoms with Gasteiger partial charge in [-0.3, -0.25) is 4.79 Å². The molecule has 0 aliphatic heterocycles. The Kier molecular flexibility index (Phi) is 4.15. The third-order valence-electron chi connectivity index (χ3n) is 9.63. The lowest BCUT2D eigenvalue weighted by Crippen LogP contribution is -2.62. The summed E-state index contributed by atoms with van der Waals surface area (Å²) in [7, 11) is 0. The van der Waals surface area contributed by atoms with E-state index in [0.29, 0.717) is 25.7 Å². The van der Waals surface area contributed by atoms with E-state index in [1.807, 2.05) is 0 Å². The number of aliphatic hydroxyl groups excluding tert-OH is 2. The molecule has 4 N–H and O–H groups in total. The second kappa shape index (κ2) is 7.49. The van der Waals surface area contributed by atoms with Crippen molar-refractivity contribution < 1.29 is 32.1 Å². The molecular weight excluding hydrogens is 368 g/mol. The summed E-state index contributed by atoms with van der Waals surface area (Å²) < 4.78 is 42.2. The standard InChI is InChI=1S/C24H40O5/c1-13(4-9-22(28)29)17-7-8-18-16-6-5-14-10-15(25)11-20(26)23(14,2)19(16)12-21(27)24(17,18)3/h13-21,25-27H,4-12H2,1-3H3,(H,28,29)/t13-,14-,15?,16+,17-,18+,19+,20-,21+,23+,24-/m1/s1/i10D2,11D2,15D. The molecule has 11 atom stereocenters. The minimum Gasteiger partial charge on any atom is -0.481 e. The third-order valence-corrected chi connectivity index (χ3v) is 9.63. The quantitative estimate of drug-likeness (QED) is 0.566. The van der Waals surface area contributed by atoms with Crippen LogP contribution < -0.4 is 0 Å². The molecule has 5 nitrogen and oxygen atoms in total. The smallest absolute Gasteiger partial charge is 0.303 e. The van der Waals surface area contributed by atoms with E-state index in [1.165, 1.54) is 0 Å². The molecule has 0 aromatic heterocycles. The first kappa shape index (κ1) is 16.0. The monoisotopic (exact) mass is 413 g/mol. The van der Waals surface area contributed by atoms with E-state index in [4.69, 9.17) is 12.0 Å². The van der Waals surface area contributed by atoms with Gasteiger partial charge in [0, 0.05) is 11.9 Å². The van der Waals surface area contributed by atoms with E-state index in [9.17, 15) is 20.1 Å². The normalized spacial score (nSPS) is 61.4. The lowest BCUT2D eigenvalue weighted by Gasteiger charge is -2.63. The van der Waals surface area contributed by atoms with Gasteiger partial charge in [-0.15, -0.1) is 0 Å². The molecule has 166 valence electrons. The fourth-order valence-corrected chi connectivity index (χ4v) is 7.98. The Bertz CT molecular complexity index is 837. The van der Waals surface area contributed by atoms with Gasteiger partial charge in [0.1, 0.15) is 0 Å². The van der Waals surface area contributed by atoms with E-state index in [1.54, 1.807) is 6.92 Å². The largest absolute Gasteiger partial charge is 0.481 e. The van der Waals surface area contributed by atoms with Crippen molar-refractivity contribution in [2.24, 2.45) is 46.3 Å². The highest BCUT2D eigenvalue weighted by atomic mass is 16.4. The topological polar surface area (TPSA) is 98.0 Å². The molecule has 0 heterocycles. The van der Waals surface area contributed by atoms with Gasteiger partial charge in [0.15, 0.2) is 0 Å². The number of aliphatic hydroxyl groups is 3. The minimum absolute atomic E-state index is 0.0597. The van der Waals surface area contributed by atoms with Gasteiger partial charge in [0.25, 0.3) is 0 Å². The zero-order valence-electron chi connectivity index (χ0n) is 22.8. The number of fused-ring (bicyclic) bond motifs is 5. The summed E-state index contributed by atoms with van der Waals surface area (Å²) in [5, 5.41) is 42.6. The molecule has 5 heteroatoms. The lowest BCUT2D eigenvalue weighted by molar-refractivity contribution is -0.207. The van der Waals surface area contributed by atoms with Crippen molar-refractivity contribution in [3.05, 3.63) is 0 Å². The van der Waals surface area contributed by atoms with Crippen molar-refractivity contribution in [3.8, 4) is 0 Å². The minimum atomic E-state index is -3.09. The van der Waals surface area contributed by atoms with Crippen molar-refractivity contribution in [1.82, 2.24) is 0 Å². The van der Waals surface area contributed by atoms with Crippen LogP contribution in [0, 0.1) is 46.3 Å². The maximum atomic E-state index is 11.6. The van der Waals surface area contributed by atoms with Crippen LogP contribution in [0.1, 0.15) is 85.3 Å². The van der Waals surface area contributed by atoms with Gasteiger partial charge in [-0.1, -0.05) is 20.8 Å². The Labute approximate surface area is 181 Å². The number of rotatable bonds is 4. The average Bonchev–Trinajstić information content (AvgIpc) is 3.10. The van der Waals surface area contributed by atoms with Crippen molar-refractivity contribution >= 4 is 5.97 Å². The number of carboxylic acid groups (broad SMARTS) is 1. The molecular formula is C24H40O5. The van der Waals surface area contributed by atoms with Crippen molar-refractivity contribution in [2.45, 2.75) is 96.8 Å². The molecule has 4 rings (SSSR count). The molecule has 0 saturated heterocycles. The third kappa shape index (κ3) is 3.18. The van der Waals surface area contributed by atoms with Crippen LogP contribution in [-0.4, -0.2) is 44.7 Å². The van der Waals surface area contributed by atoms with Gasteiger partial charge in [-0.05, 0) is 97.6 Å². The maximum Gasteiger partial charge on any atom is 0.303 e. The van der Waals surface area contributed by atoms with Crippen LogP contribution >= 0.6 is 0 Å². The van der Waals surface area contributed by atoms with E-state index in [2.05, 4.69) is 13.8 Å². The summed E-state index contributed by atoms with van der Waals surface area (Å²) in [6, 6.07) is 0. The summed E-state index contributed by atoms with van der Waals surface area (Å²) in [4.78, 5) is 11.1. The molecule has 29 heavy (non-hydrogen) atoms. The molecule has 4 aliphatic carbocycles. The second-order valence-electron chi connectivity index (χ2n) is 10.6. The van der Waals surface area contributed by atoms with Gasteiger partial charge in [0.05, 0.1) is 19.7 Å². The Hall–Kier alpha value is -0.650. The molecule has 0 aromatic rings. The van der Waals surface area contributed by atoms with Crippen LogP contribution in [0.15, 0.2) is 0 Å². The van der Waals surface area contributed by atoms with Crippen molar-refractivity contribution in [1.29, 1.82) is 0 Å². The predicted molar refractivity (Wildman–Crippen MR) is 110 cm³/mol. The molecule has 0 aromatic carbocycles. The summed E-state index contributed by atoms with van der Waals surface area (Å²) in [5.74, 6) is -1.63. The fourth-order valence-electron chi connectivity index (χ4n) is 7.98. The summed E-state index contributed by atoms with van der Waals surface area (Å²) >= 11 is 0. The Balaban J connectivity index is 1.70. The van der Waals surface area contributed by atoms with Gasteiger partial charge in [-0.25, -0.2) is 0 Å². The first-order valence-electron chi connectivity index (χ1n) is 13.8. The SMILES string of the molecule is [2H]C1([2H])[C@@H](O)[C@@]2(C)[C@H](CC[C@@H]3[C@@H]2C[C@H](O)[C@]2(C)[C@@H]([C@H](C)CCC(=O)O)CC[C@@H]32)C([2H])([2H])C1([2H])O. The molecule has 4 fully saturated rings. The zero-order valence-corrected chi connectivity index (χ0v) is 17.8. The van der Waals surface area contributed by atoms with Crippen molar-refractivity contribution in [3.63, 3.8) is 0 Å². The number of hydrogen-bond donors (Lipinski definition) is 4. The Morgan fingerprint density at radius 3 is 2.48 bits per heavy atom. The first-order chi connectivity index (χ1) is 15.5. The number of aliphatic carboxylic acids is 1. The lowest BCUT2D eigenvalue weighted by atomic mass is 9.43. The fraction of sp³-hybridized carbons (Fsp3) is 0.958. The highest BCUT2D eigenvalue weighted by Crippen LogP contribution is 2.68. The van der Waals surface area contributed by atoms with Crippen LogP contribution in [-0.2, 0) is 4.79 Å². The van der Waals surface area contributed by atoms with Crippen LogP contribution in [0.25, 0.3) is 0 Å². The molecule has 0 amide bonds. The average molecular weight is 414 g/mol. The molecule has 0 bridgehead atoms. The molecule has 0 radical (unpaired) electrons. The van der Waals surface area contributed by atoms with Crippen LogP contribution in [0.4, 0.5) is 0 Å². The first-order valence-corrected chi connectivity index (χ1v) is 11.3. The Morgan fingerprint density at radius 1 is 1.07 bits per heavy atom. The number of carboxylic acids is 1. The van der Waals surface area contributed by atoms with Crippen LogP contribution in [0.2, 0.25) is 0 Å². The van der Waals surface area contributed by atoms with E-state index in [0.717, 1.165) is 12.8 Å². The van der Waals surface area contributed by atoms with Gasteiger partial charge in [-0.2, -0.15) is 0 Å². The van der Waals surface area contributed by atoms with Crippen LogP contribution in [0.3, 0.4) is 0 Å². The summed E-state index contributed by atoms with van der Waals surface area (Å²) in [5.41, 5.74) is -1.66. The second-order valence-corrected chi connectivity index (χ2v) is 10.6. The van der Waals surface area contributed by atoms with Gasteiger partial charge in [0.2, 0.25) is 0 Å². The van der Waals surface area contributed by atoms with Gasteiger partial charge >= 0.3 is 5.97 Å². The highest BCUT2D eigenvalue weighted by Gasteiger charge is 2.65. The van der Waals surface area contributed by atoms with E-state index < -0.39 is 53.8 Å². The van der Waals surface area contributed by atoms with E-state index >= 15 is 0 Å². The predicted octanol–water partition coefficient (Wildman–Crippen LogP) is 3.45. The zero-order chi connectivity index (χ0) is 25.6. The molecule has 4 aliphatic rings. The Morgan fingerprint density at radius 2 is 1.79 bits per heavy atom. The van der Waals surface area contributed by atoms with Crippen molar-refractivity contribution in [2.75, 3.05) is 0 Å². The summed E-state index contributed by atoms with van der Waals surface area (Å²) in [6.07, 6.45) is -7.37. The summed E-state index contributed by atoms with van der Waals surface area (Å²) in [6.45, 7) is 5.85. The molecule has 0 spiro atoms. The van der Waals surface area contributed by atoms with Gasteiger partial charge < -0.3 is 20.4 Å². The molecule has 4 saturated carbocycles. The maximum absolute atomic E-state index is 11.6. The molecule has 1 unspecified atom stereocenters.